The van der Waals surface area contributed by atoms with Gasteiger partial charge in [-0.1, -0.05) is 33.8 Å². The molecule has 1 rings (SSSR count). The number of aryl methyl sites for hydroxylation is 1. The molecule has 0 bridgehead atoms. The molecule has 1 aromatic heterocycles. The maximum Gasteiger partial charge on any atom is 0.0409 e. The Hall–Kier alpha value is -0.850. The van der Waals surface area contributed by atoms with Crippen molar-refractivity contribution in [2.75, 3.05) is 0 Å². The van der Waals surface area contributed by atoms with Crippen LogP contribution in [0.1, 0.15) is 39.0 Å². The molecular formula is C12H19N. The van der Waals surface area contributed by atoms with Gasteiger partial charge in [0, 0.05) is 11.9 Å². The van der Waals surface area contributed by atoms with E-state index in [0.29, 0.717) is 5.41 Å². The van der Waals surface area contributed by atoms with Crippen LogP contribution in [0.3, 0.4) is 0 Å². The van der Waals surface area contributed by atoms with Crippen molar-refractivity contribution in [3.63, 3.8) is 0 Å². The van der Waals surface area contributed by atoms with Crippen molar-refractivity contribution in [2.45, 2.75) is 40.5 Å². The van der Waals surface area contributed by atoms with Gasteiger partial charge in [-0.3, -0.25) is 4.98 Å². The standard InChI is InChI=1S/C12H19N/c1-5-10-6-7-11(13-9-10)8-12(2,3)4/h6-7,9H,5,8H2,1-4H3. The van der Waals surface area contributed by atoms with Gasteiger partial charge in [0.25, 0.3) is 0 Å². The SMILES string of the molecule is CCc1ccc(CC(C)(C)C)nc1. The summed E-state index contributed by atoms with van der Waals surface area (Å²) in [5.41, 5.74) is 2.85. The summed E-state index contributed by atoms with van der Waals surface area (Å²) in [6.45, 7) is 8.87. The molecule has 1 aromatic rings. The Kier molecular flexibility index (Phi) is 3.07. The first kappa shape index (κ1) is 10.2. The predicted octanol–water partition coefficient (Wildman–Crippen LogP) is 3.23. The van der Waals surface area contributed by atoms with Gasteiger partial charge in [0.05, 0.1) is 0 Å². The summed E-state index contributed by atoms with van der Waals surface area (Å²) >= 11 is 0. The van der Waals surface area contributed by atoms with E-state index in [9.17, 15) is 0 Å². The van der Waals surface area contributed by atoms with Gasteiger partial charge in [0.2, 0.25) is 0 Å². The van der Waals surface area contributed by atoms with Gasteiger partial charge in [-0.05, 0) is 29.9 Å². The second-order valence-electron chi connectivity index (χ2n) is 4.75. The Labute approximate surface area is 81.2 Å². The molecule has 0 saturated heterocycles. The monoisotopic (exact) mass is 177 g/mol. The van der Waals surface area contributed by atoms with Crippen LogP contribution in [0.2, 0.25) is 0 Å². The minimum atomic E-state index is 0.334. The zero-order valence-electron chi connectivity index (χ0n) is 9.09. The lowest BCUT2D eigenvalue weighted by Gasteiger charge is -2.17. The van der Waals surface area contributed by atoms with E-state index >= 15 is 0 Å². The highest BCUT2D eigenvalue weighted by molar-refractivity contribution is 5.14. The van der Waals surface area contributed by atoms with Crippen molar-refractivity contribution < 1.29 is 0 Å². The summed E-state index contributed by atoms with van der Waals surface area (Å²) in [4.78, 5) is 4.43. The molecule has 0 radical (unpaired) electrons. The number of hydrogen-bond acceptors (Lipinski definition) is 1. The smallest absolute Gasteiger partial charge is 0.0409 e. The third kappa shape index (κ3) is 3.58. The molecule has 0 aromatic carbocycles. The fourth-order valence-corrected chi connectivity index (χ4v) is 1.31. The summed E-state index contributed by atoms with van der Waals surface area (Å²) in [6.07, 6.45) is 4.11. The summed E-state index contributed by atoms with van der Waals surface area (Å²) in [5.74, 6) is 0. The Bertz CT molecular complexity index is 253. The van der Waals surface area contributed by atoms with E-state index < -0.39 is 0 Å². The molecular weight excluding hydrogens is 158 g/mol. The molecule has 0 amide bonds. The van der Waals surface area contributed by atoms with Gasteiger partial charge in [-0.15, -0.1) is 0 Å². The Morgan fingerprint density at radius 2 is 1.92 bits per heavy atom. The van der Waals surface area contributed by atoms with E-state index in [4.69, 9.17) is 0 Å². The van der Waals surface area contributed by atoms with Crippen molar-refractivity contribution in [1.82, 2.24) is 4.98 Å². The fourth-order valence-electron chi connectivity index (χ4n) is 1.31. The number of hydrogen-bond donors (Lipinski definition) is 0. The minimum absolute atomic E-state index is 0.334. The van der Waals surface area contributed by atoms with Crippen LogP contribution in [0.4, 0.5) is 0 Å². The molecule has 0 unspecified atom stereocenters. The summed E-state index contributed by atoms with van der Waals surface area (Å²) in [5, 5.41) is 0. The number of rotatable bonds is 2. The van der Waals surface area contributed by atoms with Gasteiger partial charge < -0.3 is 0 Å². The number of pyridine rings is 1. The predicted molar refractivity (Wildman–Crippen MR) is 56.8 cm³/mol. The lowest BCUT2D eigenvalue weighted by atomic mass is 9.90. The normalized spacial score (nSPS) is 11.7. The lowest BCUT2D eigenvalue weighted by molar-refractivity contribution is 0.406. The molecule has 13 heavy (non-hydrogen) atoms. The average Bonchev–Trinajstić information content (AvgIpc) is 2.03. The molecule has 1 nitrogen and oxygen atoms in total. The first-order valence-corrected chi connectivity index (χ1v) is 4.95. The third-order valence-corrected chi connectivity index (χ3v) is 2.01. The molecule has 0 fully saturated rings. The fraction of sp³-hybridized carbons (Fsp3) is 0.583. The quantitative estimate of drug-likeness (QED) is 0.676. The van der Waals surface area contributed by atoms with E-state index in [1.165, 1.54) is 11.3 Å². The van der Waals surface area contributed by atoms with Gasteiger partial charge in [-0.25, -0.2) is 0 Å². The molecule has 0 aliphatic carbocycles. The topological polar surface area (TPSA) is 12.9 Å². The Morgan fingerprint density at radius 1 is 1.23 bits per heavy atom. The van der Waals surface area contributed by atoms with Crippen molar-refractivity contribution in [2.24, 2.45) is 5.41 Å². The third-order valence-electron chi connectivity index (χ3n) is 2.01. The first-order chi connectivity index (χ1) is 6.01. The van der Waals surface area contributed by atoms with Crippen molar-refractivity contribution in [3.05, 3.63) is 29.6 Å². The van der Waals surface area contributed by atoms with Crippen molar-refractivity contribution in [1.29, 1.82) is 0 Å². The lowest BCUT2D eigenvalue weighted by Crippen LogP contribution is -2.10. The molecule has 0 aliphatic heterocycles. The van der Waals surface area contributed by atoms with E-state index in [2.05, 4.69) is 44.8 Å². The molecule has 0 saturated carbocycles. The second-order valence-corrected chi connectivity index (χ2v) is 4.75. The molecule has 1 heteroatoms. The zero-order valence-corrected chi connectivity index (χ0v) is 9.09. The summed E-state index contributed by atoms with van der Waals surface area (Å²) in [6, 6.07) is 4.32. The van der Waals surface area contributed by atoms with E-state index in [1.807, 2.05) is 6.20 Å². The van der Waals surface area contributed by atoms with Crippen LogP contribution >= 0.6 is 0 Å². The van der Waals surface area contributed by atoms with Gasteiger partial charge in [0.15, 0.2) is 0 Å². The summed E-state index contributed by atoms with van der Waals surface area (Å²) < 4.78 is 0. The zero-order chi connectivity index (χ0) is 9.90. The Balaban J connectivity index is 2.70. The minimum Gasteiger partial charge on any atom is -0.261 e. The van der Waals surface area contributed by atoms with Crippen LogP contribution in [0.25, 0.3) is 0 Å². The highest BCUT2D eigenvalue weighted by Gasteiger charge is 2.11. The molecule has 0 spiro atoms. The van der Waals surface area contributed by atoms with E-state index in [0.717, 1.165) is 12.8 Å². The van der Waals surface area contributed by atoms with Gasteiger partial charge >= 0.3 is 0 Å². The molecule has 0 N–H and O–H groups in total. The molecule has 72 valence electrons. The maximum absolute atomic E-state index is 4.43. The van der Waals surface area contributed by atoms with E-state index in [1.54, 1.807) is 0 Å². The number of aromatic nitrogens is 1. The van der Waals surface area contributed by atoms with Crippen LogP contribution in [-0.4, -0.2) is 4.98 Å². The Morgan fingerprint density at radius 3 is 2.31 bits per heavy atom. The van der Waals surface area contributed by atoms with Crippen LogP contribution in [-0.2, 0) is 12.8 Å². The second kappa shape index (κ2) is 3.91. The van der Waals surface area contributed by atoms with Crippen LogP contribution < -0.4 is 0 Å². The summed E-state index contributed by atoms with van der Waals surface area (Å²) in [7, 11) is 0. The van der Waals surface area contributed by atoms with Crippen LogP contribution in [0, 0.1) is 5.41 Å². The van der Waals surface area contributed by atoms with Gasteiger partial charge in [-0.2, -0.15) is 0 Å². The van der Waals surface area contributed by atoms with Crippen LogP contribution in [0.15, 0.2) is 18.3 Å². The number of nitrogens with zero attached hydrogens (tertiary/aromatic N) is 1. The molecule has 1 heterocycles. The maximum atomic E-state index is 4.43. The highest BCUT2D eigenvalue weighted by atomic mass is 14.7. The molecule has 0 aliphatic rings. The van der Waals surface area contributed by atoms with Crippen molar-refractivity contribution >= 4 is 0 Å². The van der Waals surface area contributed by atoms with E-state index in [-0.39, 0.29) is 0 Å². The molecule has 0 atom stereocenters. The van der Waals surface area contributed by atoms with Crippen molar-refractivity contribution in [3.8, 4) is 0 Å². The van der Waals surface area contributed by atoms with Crippen LogP contribution in [0.5, 0.6) is 0 Å². The first-order valence-electron chi connectivity index (χ1n) is 4.95. The largest absolute Gasteiger partial charge is 0.261 e. The van der Waals surface area contributed by atoms with Gasteiger partial charge in [0.1, 0.15) is 0 Å². The average molecular weight is 177 g/mol. The highest BCUT2D eigenvalue weighted by Crippen LogP contribution is 2.19.